The molecule has 1 aromatic rings. The van der Waals surface area contributed by atoms with E-state index in [0.717, 1.165) is 0 Å². The van der Waals surface area contributed by atoms with Crippen molar-refractivity contribution in [2.45, 2.75) is 11.2 Å². The van der Waals surface area contributed by atoms with Gasteiger partial charge in [-0.15, -0.1) is 0 Å². The number of rotatable bonds is 6. The van der Waals surface area contributed by atoms with Crippen molar-refractivity contribution < 1.29 is 14.4 Å². The predicted molar refractivity (Wildman–Crippen MR) is 63.5 cm³/mol. The fraction of sp³-hybridized carbons (Fsp3) is 0.556. The van der Waals surface area contributed by atoms with Crippen LogP contribution in [0.5, 0.6) is 5.88 Å². The van der Waals surface area contributed by atoms with Crippen LogP contribution in [0.2, 0.25) is 0 Å². The van der Waals surface area contributed by atoms with Gasteiger partial charge >= 0.3 is 5.69 Å². The fourth-order valence-electron chi connectivity index (χ4n) is 1.33. The van der Waals surface area contributed by atoms with Gasteiger partial charge < -0.3 is 9.47 Å². The summed E-state index contributed by atoms with van der Waals surface area (Å²) in [5.41, 5.74) is 0.122. The Kier molecular flexibility index (Phi) is 5.23. The summed E-state index contributed by atoms with van der Waals surface area (Å²) in [6, 6.07) is 0. The third-order valence-electron chi connectivity index (χ3n) is 2.00. The van der Waals surface area contributed by atoms with Crippen molar-refractivity contribution in [1.29, 1.82) is 0 Å². The Bertz CT molecular complexity index is 402. The van der Waals surface area contributed by atoms with E-state index in [1.165, 1.54) is 13.4 Å². The molecule has 1 rings (SSSR count). The normalized spacial score (nSPS) is 12.2. The largest absolute Gasteiger partial charge is 0.476 e. The summed E-state index contributed by atoms with van der Waals surface area (Å²) < 4.78 is 9.79. The molecule has 0 aliphatic carbocycles. The number of hydrogen-bond acceptors (Lipinski definition) is 6. The van der Waals surface area contributed by atoms with E-state index in [2.05, 4.69) is 25.9 Å². The molecule has 1 aromatic heterocycles. The maximum absolute atomic E-state index is 10.9. The van der Waals surface area contributed by atoms with E-state index in [0.29, 0.717) is 18.7 Å². The highest BCUT2D eigenvalue weighted by atomic mass is 79.9. The van der Waals surface area contributed by atoms with E-state index in [1.54, 1.807) is 7.11 Å². The second-order valence-corrected chi connectivity index (χ2v) is 4.49. The standard InChI is InChI=1S/C9H12BrN3O4/c1-16-4-6(10)3-7-8(13(14)15)9(17-2)12-5-11-7/h5-6H,3-4H2,1-2H3. The summed E-state index contributed by atoms with van der Waals surface area (Å²) in [6.45, 7) is 0.434. The lowest BCUT2D eigenvalue weighted by atomic mass is 10.2. The summed E-state index contributed by atoms with van der Waals surface area (Å²) >= 11 is 3.36. The lowest BCUT2D eigenvalue weighted by Crippen LogP contribution is -2.13. The van der Waals surface area contributed by atoms with Crippen LogP contribution in [0.4, 0.5) is 5.69 Å². The van der Waals surface area contributed by atoms with Crippen LogP contribution in [0.25, 0.3) is 0 Å². The van der Waals surface area contributed by atoms with Gasteiger partial charge in [-0.25, -0.2) is 4.98 Å². The second kappa shape index (κ2) is 6.45. The molecule has 0 aliphatic heterocycles. The minimum absolute atomic E-state index is 0.0304. The Morgan fingerprint density at radius 3 is 2.76 bits per heavy atom. The number of hydrogen-bond donors (Lipinski definition) is 0. The molecule has 1 heterocycles. The molecule has 7 nitrogen and oxygen atoms in total. The molecule has 0 fully saturated rings. The first-order chi connectivity index (χ1) is 8.10. The number of halogens is 1. The summed E-state index contributed by atoms with van der Waals surface area (Å²) in [6.07, 6.45) is 1.61. The molecule has 0 N–H and O–H groups in total. The highest BCUT2D eigenvalue weighted by Crippen LogP contribution is 2.28. The van der Waals surface area contributed by atoms with E-state index in [4.69, 9.17) is 9.47 Å². The number of alkyl halides is 1. The van der Waals surface area contributed by atoms with Crippen LogP contribution in [-0.4, -0.2) is 40.5 Å². The molecule has 0 saturated heterocycles. The second-order valence-electron chi connectivity index (χ2n) is 3.19. The summed E-state index contributed by atoms with van der Waals surface area (Å²) in [4.78, 5) is 18.0. The zero-order chi connectivity index (χ0) is 12.8. The van der Waals surface area contributed by atoms with Gasteiger partial charge in [-0.2, -0.15) is 4.98 Å². The number of ether oxygens (including phenoxy) is 2. The Balaban J connectivity index is 3.02. The third kappa shape index (κ3) is 3.60. The molecule has 0 radical (unpaired) electrons. The molecule has 0 aliphatic rings. The van der Waals surface area contributed by atoms with E-state index < -0.39 is 4.92 Å². The molecule has 17 heavy (non-hydrogen) atoms. The van der Waals surface area contributed by atoms with Gasteiger partial charge in [0.05, 0.1) is 18.6 Å². The zero-order valence-corrected chi connectivity index (χ0v) is 11.0. The first kappa shape index (κ1) is 13.8. The van der Waals surface area contributed by atoms with Crippen molar-refractivity contribution in [3.8, 4) is 5.88 Å². The highest BCUT2D eigenvalue weighted by molar-refractivity contribution is 9.09. The van der Waals surface area contributed by atoms with Gasteiger partial charge in [0, 0.05) is 18.4 Å². The molecule has 0 aromatic carbocycles. The van der Waals surface area contributed by atoms with Gasteiger partial charge in [-0.05, 0) is 0 Å². The zero-order valence-electron chi connectivity index (χ0n) is 9.42. The molecular weight excluding hydrogens is 294 g/mol. The van der Waals surface area contributed by atoms with Crippen LogP contribution in [0.1, 0.15) is 5.69 Å². The van der Waals surface area contributed by atoms with Gasteiger partial charge in [0.25, 0.3) is 5.88 Å². The topological polar surface area (TPSA) is 87.4 Å². The lowest BCUT2D eigenvalue weighted by Gasteiger charge is -2.09. The van der Waals surface area contributed by atoms with Crippen LogP contribution in [0.15, 0.2) is 6.33 Å². The lowest BCUT2D eigenvalue weighted by molar-refractivity contribution is -0.387. The van der Waals surface area contributed by atoms with Crippen LogP contribution in [0.3, 0.4) is 0 Å². The molecule has 94 valence electrons. The highest BCUT2D eigenvalue weighted by Gasteiger charge is 2.25. The molecule has 0 amide bonds. The van der Waals surface area contributed by atoms with Gasteiger partial charge in [0.15, 0.2) is 0 Å². The third-order valence-corrected chi connectivity index (χ3v) is 2.59. The van der Waals surface area contributed by atoms with E-state index in [-0.39, 0.29) is 16.4 Å². The van der Waals surface area contributed by atoms with Crippen LogP contribution in [0, 0.1) is 10.1 Å². The number of methoxy groups -OCH3 is 2. The molecule has 0 bridgehead atoms. The summed E-state index contributed by atoms with van der Waals surface area (Å²) in [5, 5.41) is 10.9. The average molecular weight is 306 g/mol. The fourth-order valence-corrected chi connectivity index (χ4v) is 1.90. The molecule has 0 saturated carbocycles. The van der Waals surface area contributed by atoms with E-state index in [1.807, 2.05) is 0 Å². The van der Waals surface area contributed by atoms with Gasteiger partial charge in [0.1, 0.15) is 12.0 Å². The number of nitrogens with zero attached hydrogens (tertiary/aromatic N) is 3. The maximum Gasteiger partial charge on any atom is 0.352 e. The smallest absolute Gasteiger partial charge is 0.352 e. The van der Waals surface area contributed by atoms with Crippen molar-refractivity contribution in [3.63, 3.8) is 0 Å². The van der Waals surface area contributed by atoms with Gasteiger partial charge in [0.2, 0.25) is 0 Å². The molecule has 0 spiro atoms. The van der Waals surface area contributed by atoms with Gasteiger partial charge in [-0.1, -0.05) is 15.9 Å². The number of aromatic nitrogens is 2. The molecular formula is C9H12BrN3O4. The van der Waals surface area contributed by atoms with Gasteiger partial charge in [-0.3, -0.25) is 10.1 Å². The van der Waals surface area contributed by atoms with Crippen molar-refractivity contribution in [2.24, 2.45) is 0 Å². The Labute approximate surface area is 106 Å². The molecule has 1 unspecified atom stereocenters. The average Bonchev–Trinajstić information content (AvgIpc) is 2.28. The minimum Gasteiger partial charge on any atom is -0.476 e. The van der Waals surface area contributed by atoms with Crippen molar-refractivity contribution in [2.75, 3.05) is 20.8 Å². The first-order valence-corrected chi connectivity index (χ1v) is 5.67. The first-order valence-electron chi connectivity index (χ1n) is 4.75. The quantitative estimate of drug-likeness (QED) is 0.448. The van der Waals surface area contributed by atoms with Crippen LogP contribution < -0.4 is 4.74 Å². The Morgan fingerprint density at radius 1 is 1.53 bits per heavy atom. The minimum atomic E-state index is -0.541. The van der Waals surface area contributed by atoms with Crippen molar-refractivity contribution >= 4 is 21.6 Å². The van der Waals surface area contributed by atoms with E-state index >= 15 is 0 Å². The van der Waals surface area contributed by atoms with Crippen molar-refractivity contribution in [1.82, 2.24) is 9.97 Å². The Morgan fingerprint density at radius 2 is 2.24 bits per heavy atom. The SMILES string of the molecule is COCC(Br)Cc1ncnc(OC)c1[N+](=O)[O-]. The predicted octanol–water partition coefficient (Wildman–Crippen LogP) is 1.35. The van der Waals surface area contributed by atoms with Crippen molar-refractivity contribution in [3.05, 3.63) is 22.1 Å². The molecule has 8 heteroatoms. The van der Waals surface area contributed by atoms with Crippen LogP contribution in [-0.2, 0) is 11.2 Å². The Hall–Kier alpha value is -1.28. The maximum atomic E-state index is 10.9. The van der Waals surface area contributed by atoms with E-state index in [9.17, 15) is 10.1 Å². The summed E-state index contributed by atoms with van der Waals surface area (Å²) in [5.74, 6) is -0.0304. The molecule has 1 atom stereocenters. The van der Waals surface area contributed by atoms with Crippen LogP contribution >= 0.6 is 15.9 Å². The monoisotopic (exact) mass is 305 g/mol. The number of nitro groups is 1. The summed E-state index contributed by atoms with van der Waals surface area (Å²) in [7, 11) is 2.89.